The fourth-order valence-corrected chi connectivity index (χ4v) is 1.77. The van der Waals surface area contributed by atoms with Crippen molar-refractivity contribution in [2.45, 2.75) is 0 Å². The molecule has 1 aromatic heterocycles. The Balaban J connectivity index is 1.88. The van der Waals surface area contributed by atoms with Crippen LogP contribution < -0.4 is 4.74 Å². The van der Waals surface area contributed by atoms with Gasteiger partial charge in [-0.05, 0) is 24.3 Å². The molecule has 4 nitrogen and oxygen atoms in total. The van der Waals surface area contributed by atoms with Gasteiger partial charge in [0, 0.05) is 6.07 Å². The molecule has 2 aromatic carbocycles. The molecule has 19 heavy (non-hydrogen) atoms. The molecule has 0 fully saturated rings. The first-order valence-corrected chi connectivity index (χ1v) is 5.89. The van der Waals surface area contributed by atoms with E-state index in [-0.39, 0.29) is 0 Å². The van der Waals surface area contributed by atoms with Crippen molar-refractivity contribution in [2.24, 2.45) is 4.99 Å². The molecule has 0 aliphatic rings. The van der Waals surface area contributed by atoms with Gasteiger partial charge in [-0.1, -0.05) is 18.2 Å². The second kappa shape index (κ2) is 4.94. The third kappa shape index (κ3) is 2.47. The number of methoxy groups -OCH3 is 1. The Hall–Kier alpha value is -2.62. The van der Waals surface area contributed by atoms with E-state index in [9.17, 15) is 0 Å². The lowest BCUT2D eigenvalue weighted by atomic mass is 10.3. The highest BCUT2D eigenvalue weighted by molar-refractivity contribution is 5.82. The van der Waals surface area contributed by atoms with Gasteiger partial charge in [-0.3, -0.25) is 4.99 Å². The topological polar surface area (TPSA) is 47.6 Å². The molecule has 0 unspecified atom stereocenters. The summed E-state index contributed by atoms with van der Waals surface area (Å²) in [6, 6.07) is 15.1. The summed E-state index contributed by atoms with van der Waals surface area (Å²) in [5.74, 6) is 1.26. The van der Waals surface area contributed by atoms with Crippen LogP contribution in [0.5, 0.6) is 5.75 Å². The molecule has 1 heterocycles. The summed E-state index contributed by atoms with van der Waals surface area (Å²) in [5, 5.41) is 0. The first kappa shape index (κ1) is 11.5. The van der Waals surface area contributed by atoms with Gasteiger partial charge in [-0.15, -0.1) is 0 Å². The highest BCUT2D eigenvalue weighted by atomic mass is 16.5. The van der Waals surface area contributed by atoms with Crippen LogP contribution in [0.25, 0.3) is 11.1 Å². The maximum absolute atomic E-state index is 5.55. The van der Waals surface area contributed by atoms with Gasteiger partial charge in [0.2, 0.25) is 5.89 Å². The molecular weight excluding hydrogens is 240 g/mol. The maximum Gasteiger partial charge on any atom is 0.238 e. The molecule has 0 saturated heterocycles. The summed E-state index contributed by atoms with van der Waals surface area (Å²) in [4.78, 5) is 8.64. The molecule has 0 aliphatic carbocycles. The SMILES string of the molecule is COc1cccc(/N=C/c2nc3ccccc3o2)c1. The monoisotopic (exact) mass is 252 g/mol. The first-order chi connectivity index (χ1) is 9.35. The van der Waals surface area contributed by atoms with Crippen molar-refractivity contribution < 1.29 is 9.15 Å². The lowest BCUT2D eigenvalue weighted by Gasteiger charge is -1.98. The quantitative estimate of drug-likeness (QED) is 0.669. The van der Waals surface area contributed by atoms with Gasteiger partial charge in [0.25, 0.3) is 0 Å². The van der Waals surface area contributed by atoms with Crippen LogP contribution >= 0.6 is 0 Å². The van der Waals surface area contributed by atoms with Gasteiger partial charge in [0.05, 0.1) is 19.0 Å². The van der Waals surface area contributed by atoms with Crippen LogP contribution in [0.1, 0.15) is 5.89 Å². The van der Waals surface area contributed by atoms with Crippen molar-refractivity contribution >= 4 is 23.0 Å². The number of nitrogens with zero attached hydrogens (tertiary/aromatic N) is 2. The molecule has 0 radical (unpaired) electrons. The van der Waals surface area contributed by atoms with Crippen molar-refractivity contribution in [1.82, 2.24) is 4.98 Å². The Morgan fingerprint density at radius 1 is 1.16 bits per heavy atom. The van der Waals surface area contributed by atoms with E-state index in [1.54, 1.807) is 13.3 Å². The zero-order valence-corrected chi connectivity index (χ0v) is 10.4. The van der Waals surface area contributed by atoms with Crippen LogP contribution in [0.15, 0.2) is 57.9 Å². The number of rotatable bonds is 3. The van der Waals surface area contributed by atoms with Crippen molar-refractivity contribution in [1.29, 1.82) is 0 Å². The molecule has 0 N–H and O–H groups in total. The Kier molecular flexibility index (Phi) is 2.98. The molecule has 0 atom stereocenters. The Morgan fingerprint density at radius 2 is 2.05 bits per heavy atom. The second-order valence-corrected chi connectivity index (χ2v) is 3.98. The zero-order chi connectivity index (χ0) is 13.1. The van der Waals surface area contributed by atoms with Gasteiger partial charge in [-0.25, -0.2) is 4.98 Å². The number of benzene rings is 2. The minimum Gasteiger partial charge on any atom is -0.497 e. The highest BCUT2D eigenvalue weighted by Crippen LogP contribution is 2.20. The molecule has 0 bridgehead atoms. The van der Waals surface area contributed by atoms with E-state index in [1.165, 1.54) is 0 Å². The van der Waals surface area contributed by atoms with Crippen LogP contribution in [0.4, 0.5) is 5.69 Å². The maximum atomic E-state index is 5.55. The fourth-order valence-electron chi connectivity index (χ4n) is 1.77. The van der Waals surface area contributed by atoms with Gasteiger partial charge in [0.15, 0.2) is 5.58 Å². The summed E-state index contributed by atoms with van der Waals surface area (Å²) < 4.78 is 10.7. The van der Waals surface area contributed by atoms with Crippen molar-refractivity contribution in [3.8, 4) is 5.75 Å². The van der Waals surface area contributed by atoms with E-state index < -0.39 is 0 Å². The molecule has 4 heteroatoms. The van der Waals surface area contributed by atoms with E-state index in [0.29, 0.717) is 5.89 Å². The number of hydrogen-bond acceptors (Lipinski definition) is 4. The van der Waals surface area contributed by atoms with Gasteiger partial charge >= 0.3 is 0 Å². The summed E-state index contributed by atoms with van der Waals surface area (Å²) >= 11 is 0. The summed E-state index contributed by atoms with van der Waals surface area (Å²) in [5.41, 5.74) is 2.38. The minimum absolute atomic E-state index is 0.490. The number of aromatic nitrogens is 1. The fraction of sp³-hybridized carbons (Fsp3) is 0.0667. The molecule has 3 aromatic rings. The Labute approximate surface area is 110 Å². The largest absolute Gasteiger partial charge is 0.497 e. The molecule has 0 spiro atoms. The number of ether oxygens (including phenoxy) is 1. The Bertz CT molecular complexity index is 699. The van der Waals surface area contributed by atoms with E-state index in [4.69, 9.17) is 9.15 Å². The summed E-state index contributed by atoms with van der Waals surface area (Å²) in [6.45, 7) is 0. The smallest absolute Gasteiger partial charge is 0.238 e. The Morgan fingerprint density at radius 3 is 2.89 bits per heavy atom. The van der Waals surface area contributed by atoms with E-state index in [0.717, 1.165) is 22.5 Å². The first-order valence-electron chi connectivity index (χ1n) is 5.89. The average Bonchev–Trinajstić information content (AvgIpc) is 2.88. The van der Waals surface area contributed by atoms with Crippen LogP contribution in [0.3, 0.4) is 0 Å². The normalized spacial score (nSPS) is 11.2. The van der Waals surface area contributed by atoms with Crippen molar-refractivity contribution in [3.63, 3.8) is 0 Å². The third-order valence-electron chi connectivity index (χ3n) is 2.69. The van der Waals surface area contributed by atoms with Crippen molar-refractivity contribution in [3.05, 3.63) is 54.4 Å². The molecular formula is C15H12N2O2. The predicted molar refractivity (Wildman–Crippen MR) is 74.3 cm³/mol. The number of aliphatic imine (C=N–C) groups is 1. The summed E-state index contributed by atoms with van der Waals surface area (Å²) in [7, 11) is 1.63. The third-order valence-corrected chi connectivity index (χ3v) is 2.69. The van der Waals surface area contributed by atoms with Gasteiger partial charge < -0.3 is 9.15 Å². The van der Waals surface area contributed by atoms with E-state index in [1.807, 2.05) is 48.5 Å². The lowest BCUT2D eigenvalue weighted by Crippen LogP contribution is -1.82. The van der Waals surface area contributed by atoms with Crippen LogP contribution in [0, 0.1) is 0 Å². The number of fused-ring (bicyclic) bond motifs is 1. The van der Waals surface area contributed by atoms with E-state index in [2.05, 4.69) is 9.98 Å². The summed E-state index contributed by atoms with van der Waals surface area (Å²) in [6.07, 6.45) is 1.61. The highest BCUT2D eigenvalue weighted by Gasteiger charge is 2.01. The molecule has 0 saturated carbocycles. The number of para-hydroxylation sites is 2. The molecule has 94 valence electrons. The standard InChI is InChI=1S/C15H12N2O2/c1-18-12-6-4-5-11(9-12)16-10-15-17-13-7-2-3-8-14(13)19-15/h2-10H,1H3/b16-10+. The zero-order valence-electron chi connectivity index (χ0n) is 10.4. The van der Waals surface area contributed by atoms with Crippen LogP contribution in [-0.4, -0.2) is 18.3 Å². The van der Waals surface area contributed by atoms with Crippen molar-refractivity contribution in [2.75, 3.05) is 7.11 Å². The average molecular weight is 252 g/mol. The molecule has 0 aliphatic heterocycles. The predicted octanol–water partition coefficient (Wildman–Crippen LogP) is 3.59. The lowest BCUT2D eigenvalue weighted by molar-refractivity contribution is 0.415. The number of oxazole rings is 1. The molecule has 0 amide bonds. The van der Waals surface area contributed by atoms with Crippen LogP contribution in [0.2, 0.25) is 0 Å². The van der Waals surface area contributed by atoms with Gasteiger partial charge in [0.1, 0.15) is 11.3 Å². The number of hydrogen-bond donors (Lipinski definition) is 0. The van der Waals surface area contributed by atoms with Crippen LogP contribution in [-0.2, 0) is 0 Å². The molecule has 3 rings (SSSR count). The van der Waals surface area contributed by atoms with E-state index >= 15 is 0 Å². The van der Waals surface area contributed by atoms with Gasteiger partial charge in [-0.2, -0.15) is 0 Å². The second-order valence-electron chi connectivity index (χ2n) is 3.98. The minimum atomic E-state index is 0.490.